The average molecular weight is 352 g/mol. The lowest BCUT2D eigenvalue weighted by atomic mass is 9.98. The second-order valence-corrected chi connectivity index (χ2v) is 7.40. The fourth-order valence-corrected chi connectivity index (χ4v) is 4.62. The van der Waals surface area contributed by atoms with Crippen molar-refractivity contribution in [1.82, 2.24) is 15.1 Å². The van der Waals surface area contributed by atoms with Gasteiger partial charge in [-0.25, -0.2) is 0 Å². The van der Waals surface area contributed by atoms with Crippen molar-refractivity contribution in [2.24, 2.45) is 0 Å². The Balaban J connectivity index is 0.00000156. The number of fused-ring (bicyclic) bond motifs is 3. The number of likely N-dealkylation sites (N-methyl/N-ethyl adjacent to an activating group) is 1. The van der Waals surface area contributed by atoms with E-state index in [4.69, 9.17) is 0 Å². The largest absolute Gasteiger partial charge is 0.339 e. The molecule has 2 aliphatic rings. The quantitative estimate of drug-likeness (QED) is 0.854. The van der Waals surface area contributed by atoms with Crippen LogP contribution in [0.4, 0.5) is 0 Å². The number of hydrogen-bond acceptors (Lipinski definition) is 4. The highest BCUT2D eigenvalue weighted by atomic mass is 35.5. The maximum atomic E-state index is 12.8. The highest BCUT2D eigenvalue weighted by molar-refractivity contribution is 7.19. The molecule has 124 valence electrons. The maximum absolute atomic E-state index is 12.8. The van der Waals surface area contributed by atoms with Crippen LogP contribution in [-0.2, 0) is 17.8 Å². The molecule has 1 saturated heterocycles. The molecule has 0 unspecified atom stereocenters. The van der Waals surface area contributed by atoms with Crippen molar-refractivity contribution in [3.63, 3.8) is 0 Å². The van der Waals surface area contributed by atoms with Crippen LogP contribution in [0.5, 0.6) is 0 Å². The summed E-state index contributed by atoms with van der Waals surface area (Å²) in [4.78, 5) is 18.5. The number of benzene rings is 1. The van der Waals surface area contributed by atoms with E-state index in [1.165, 1.54) is 20.5 Å². The van der Waals surface area contributed by atoms with E-state index in [1.807, 2.05) is 16.2 Å². The molecule has 0 spiro atoms. The monoisotopic (exact) mass is 351 g/mol. The van der Waals surface area contributed by atoms with Gasteiger partial charge in [0.1, 0.15) is 0 Å². The van der Waals surface area contributed by atoms with Gasteiger partial charge in [-0.3, -0.25) is 4.79 Å². The minimum absolute atomic E-state index is 0. The van der Waals surface area contributed by atoms with E-state index in [9.17, 15) is 4.79 Å². The van der Waals surface area contributed by atoms with Gasteiger partial charge in [-0.1, -0.05) is 18.2 Å². The first-order chi connectivity index (χ1) is 10.7. The Morgan fingerprint density at radius 1 is 1.22 bits per heavy atom. The number of halogens is 1. The SMILES string of the molecule is CN1CCN(C(=O)[C@H]2Cc3c(sc4ccccc34)CN2)CC1.Cl. The van der Waals surface area contributed by atoms with Crippen molar-refractivity contribution in [2.75, 3.05) is 33.2 Å². The number of rotatable bonds is 1. The molecule has 0 saturated carbocycles. The Morgan fingerprint density at radius 2 is 1.96 bits per heavy atom. The average Bonchev–Trinajstić information content (AvgIpc) is 2.92. The molecular weight excluding hydrogens is 330 g/mol. The van der Waals surface area contributed by atoms with Gasteiger partial charge in [0.15, 0.2) is 0 Å². The van der Waals surface area contributed by atoms with Gasteiger partial charge in [-0.15, -0.1) is 23.7 Å². The molecule has 2 aliphatic heterocycles. The summed E-state index contributed by atoms with van der Waals surface area (Å²) in [5.41, 5.74) is 1.38. The van der Waals surface area contributed by atoms with Crippen LogP contribution in [0.25, 0.3) is 10.1 Å². The minimum atomic E-state index is -0.0612. The number of nitrogens with zero attached hydrogens (tertiary/aromatic N) is 2. The Bertz CT molecular complexity index is 709. The van der Waals surface area contributed by atoms with Crippen molar-refractivity contribution in [2.45, 2.75) is 19.0 Å². The number of thiophene rings is 1. The van der Waals surface area contributed by atoms with E-state index in [1.54, 1.807) is 0 Å². The Morgan fingerprint density at radius 3 is 2.74 bits per heavy atom. The zero-order valence-electron chi connectivity index (χ0n) is 13.2. The number of amides is 1. The third kappa shape index (κ3) is 3.11. The fourth-order valence-electron chi connectivity index (χ4n) is 3.43. The smallest absolute Gasteiger partial charge is 0.240 e. The molecule has 1 N–H and O–H groups in total. The molecule has 2 aromatic rings. The summed E-state index contributed by atoms with van der Waals surface area (Å²) < 4.78 is 1.34. The molecular formula is C17H22ClN3OS. The third-order valence-corrected chi connectivity index (χ3v) is 6.03. The summed E-state index contributed by atoms with van der Waals surface area (Å²) >= 11 is 1.86. The summed E-state index contributed by atoms with van der Waals surface area (Å²) in [6.45, 7) is 4.48. The van der Waals surface area contributed by atoms with Gasteiger partial charge >= 0.3 is 0 Å². The summed E-state index contributed by atoms with van der Waals surface area (Å²) in [6.07, 6.45) is 0.824. The van der Waals surface area contributed by atoms with E-state index in [0.717, 1.165) is 39.1 Å². The normalized spacial score (nSPS) is 21.8. The number of hydrogen-bond donors (Lipinski definition) is 1. The predicted molar refractivity (Wildman–Crippen MR) is 97.5 cm³/mol. The van der Waals surface area contributed by atoms with Crippen molar-refractivity contribution in [1.29, 1.82) is 0 Å². The van der Waals surface area contributed by atoms with Gasteiger partial charge in [0.05, 0.1) is 6.04 Å². The van der Waals surface area contributed by atoms with Crippen molar-refractivity contribution in [3.05, 3.63) is 34.7 Å². The van der Waals surface area contributed by atoms with Crippen LogP contribution >= 0.6 is 23.7 Å². The second-order valence-electron chi connectivity index (χ2n) is 6.27. The Kier molecular flexibility index (Phi) is 4.92. The van der Waals surface area contributed by atoms with E-state index in [-0.39, 0.29) is 24.4 Å². The van der Waals surface area contributed by atoms with Gasteiger partial charge in [-0.05, 0) is 30.5 Å². The third-order valence-electron chi connectivity index (χ3n) is 4.81. The molecule has 23 heavy (non-hydrogen) atoms. The van der Waals surface area contributed by atoms with Gasteiger partial charge in [0, 0.05) is 42.3 Å². The van der Waals surface area contributed by atoms with Crippen LogP contribution < -0.4 is 5.32 Å². The molecule has 1 atom stereocenters. The molecule has 3 heterocycles. The molecule has 0 bridgehead atoms. The van der Waals surface area contributed by atoms with Crippen molar-refractivity contribution < 1.29 is 4.79 Å². The first kappa shape index (κ1) is 16.7. The lowest BCUT2D eigenvalue weighted by Gasteiger charge is -2.35. The Labute approximate surface area is 146 Å². The predicted octanol–water partition coefficient (Wildman–Crippen LogP) is 2.11. The molecule has 4 rings (SSSR count). The molecule has 1 amide bonds. The lowest BCUT2D eigenvalue weighted by Crippen LogP contribution is -2.54. The Hall–Kier alpha value is -1.14. The number of carbonyl (C=O) groups excluding carboxylic acids is 1. The first-order valence-corrected chi connectivity index (χ1v) is 8.74. The zero-order chi connectivity index (χ0) is 15.1. The summed E-state index contributed by atoms with van der Waals surface area (Å²) in [6, 6.07) is 8.48. The highest BCUT2D eigenvalue weighted by Crippen LogP contribution is 2.34. The van der Waals surface area contributed by atoms with E-state index < -0.39 is 0 Å². The molecule has 1 fully saturated rings. The van der Waals surface area contributed by atoms with E-state index >= 15 is 0 Å². The molecule has 1 aromatic carbocycles. The van der Waals surface area contributed by atoms with Crippen LogP contribution in [0.3, 0.4) is 0 Å². The fraction of sp³-hybridized carbons (Fsp3) is 0.471. The van der Waals surface area contributed by atoms with Crippen LogP contribution in [0.1, 0.15) is 10.4 Å². The lowest BCUT2D eigenvalue weighted by molar-refractivity contribution is -0.135. The van der Waals surface area contributed by atoms with Crippen LogP contribution in [0.2, 0.25) is 0 Å². The summed E-state index contributed by atoms with van der Waals surface area (Å²) in [5.74, 6) is 0.272. The summed E-state index contributed by atoms with van der Waals surface area (Å²) in [7, 11) is 2.12. The van der Waals surface area contributed by atoms with Crippen molar-refractivity contribution >= 4 is 39.7 Å². The van der Waals surface area contributed by atoms with Crippen LogP contribution in [-0.4, -0.2) is 55.0 Å². The molecule has 0 radical (unpaired) electrons. The first-order valence-electron chi connectivity index (χ1n) is 7.92. The second kappa shape index (κ2) is 6.77. The van der Waals surface area contributed by atoms with Gasteiger partial charge < -0.3 is 15.1 Å². The topological polar surface area (TPSA) is 35.6 Å². The number of piperazine rings is 1. The zero-order valence-corrected chi connectivity index (χ0v) is 14.9. The molecule has 4 nitrogen and oxygen atoms in total. The van der Waals surface area contributed by atoms with Gasteiger partial charge in [0.25, 0.3) is 0 Å². The molecule has 6 heteroatoms. The maximum Gasteiger partial charge on any atom is 0.240 e. The minimum Gasteiger partial charge on any atom is -0.339 e. The van der Waals surface area contributed by atoms with E-state index in [0.29, 0.717) is 0 Å². The van der Waals surface area contributed by atoms with Gasteiger partial charge in [0.2, 0.25) is 5.91 Å². The summed E-state index contributed by atoms with van der Waals surface area (Å²) in [5, 5.41) is 4.78. The number of carbonyl (C=O) groups is 1. The highest BCUT2D eigenvalue weighted by Gasteiger charge is 2.31. The standard InChI is InChI=1S/C17H21N3OS.ClH/c1-19-6-8-20(9-7-19)17(21)14-10-13-12-4-2-3-5-15(12)22-16(13)11-18-14;/h2-5,14,18H,6-11H2,1H3;1H/t14-;/m1./s1. The van der Waals surface area contributed by atoms with E-state index in [2.05, 4.69) is 41.5 Å². The number of nitrogens with one attached hydrogen (secondary N) is 1. The molecule has 1 aromatic heterocycles. The van der Waals surface area contributed by atoms with Gasteiger partial charge in [-0.2, -0.15) is 0 Å². The van der Waals surface area contributed by atoms with Crippen LogP contribution in [0, 0.1) is 0 Å². The molecule has 0 aliphatic carbocycles. The van der Waals surface area contributed by atoms with Crippen LogP contribution in [0.15, 0.2) is 24.3 Å². The van der Waals surface area contributed by atoms with Crippen molar-refractivity contribution in [3.8, 4) is 0 Å².